The molecule has 29 heavy (non-hydrogen) atoms. The van der Waals surface area contributed by atoms with E-state index in [-0.39, 0.29) is 5.91 Å². The van der Waals surface area contributed by atoms with Crippen LogP contribution in [0, 0.1) is 6.92 Å². The fourth-order valence-corrected chi connectivity index (χ4v) is 4.96. The van der Waals surface area contributed by atoms with Crippen LogP contribution >= 0.6 is 11.3 Å². The van der Waals surface area contributed by atoms with E-state index in [2.05, 4.69) is 20.2 Å². The second kappa shape index (κ2) is 7.51. The Hall–Kier alpha value is -2.87. The predicted molar refractivity (Wildman–Crippen MR) is 114 cm³/mol. The molecule has 1 N–H and O–H groups in total. The van der Waals surface area contributed by atoms with Gasteiger partial charge in [0.05, 0.1) is 10.3 Å². The second-order valence-corrected chi connectivity index (χ2v) is 8.29. The van der Waals surface area contributed by atoms with Crippen molar-refractivity contribution in [2.24, 2.45) is 0 Å². The molecular formula is C21H22N4O3S. The number of carbonyl (C=O) groups excluding carboxylic acids is 1. The number of hydrogen-bond donors (Lipinski definition) is 1. The third-order valence-corrected chi connectivity index (χ3v) is 6.57. The number of aryl methyl sites for hydroxylation is 1. The first-order chi connectivity index (χ1) is 14.2. The molecule has 2 aliphatic rings. The number of carbonyl (C=O) groups is 1. The number of nitrogens with zero attached hydrogens (tertiary/aromatic N) is 3. The molecule has 8 heteroatoms. The van der Waals surface area contributed by atoms with Crippen LogP contribution in [0.15, 0.2) is 24.5 Å². The molecule has 0 bridgehead atoms. The summed E-state index contributed by atoms with van der Waals surface area (Å²) >= 11 is 1.41. The van der Waals surface area contributed by atoms with E-state index in [1.807, 2.05) is 19.1 Å². The Morgan fingerprint density at radius 3 is 2.72 bits per heavy atom. The average molecular weight is 410 g/mol. The molecule has 1 aromatic carbocycles. The van der Waals surface area contributed by atoms with Crippen molar-refractivity contribution >= 4 is 39.0 Å². The van der Waals surface area contributed by atoms with Gasteiger partial charge in [-0.2, -0.15) is 0 Å². The zero-order valence-electron chi connectivity index (χ0n) is 16.2. The summed E-state index contributed by atoms with van der Waals surface area (Å²) in [5.74, 6) is 2.16. The van der Waals surface area contributed by atoms with Crippen LogP contribution < -0.4 is 19.7 Å². The molecule has 0 aliphatic carbocycles. The van der Waals surface area contributed by atoms with Crippen LogP contribution in [0.4, 0.5) is 11.5 Å². The van der Waals surface area contributed by atoms with Crippen molar-refractivity contribution < 1.29 is 14.3 Å². The number of fused-ring (bicyclic) bond motifs is 2. The predicted octanol–water partition coefficient (Wildman–Crippen LogP) is 4.01. The maximum Gasteiger partial charge on any atom is 0.266 e. The number of anilines is 2. The Kier molecular flexibility index (Phi) is 4.71. The summed E-state index contributed by atoms with van der Waals surface area (Å²) in [6.45, 7) is 5.03. The van der Waals surface area contributed by atoms with E-state index in [0.717, 1.165) is 34.7 Å². The normalized spacial score (nSPS) is 16.1. The van der Waals surface area contributed by atoms with Gasteiger partial charge in [-0.3, -0.25) is 4.79 Å². The van der Waals surface area contributed by atoms with E-state index in [1.165, 1.54) is 30.6 Å². The SMILES string of the molecule is Cc1c(C(=O)Nc2ccc3c(c2)OCCO3)sc2ncnc(N3CCCCC3)c12. The van der Waals surface area contributed by atoms with E-state index in [0.29, 0.717) is 35.3 Å². The van der Waals surface area contributed by atoms with Crippen LogP contribution in [-0.2, 0) is 0 Å². The second-order valence-electron chi connectivity index (χ2n) is 7.29. The van der Waals surface area contributed by atoms with Gasteiger partial charge in [0.15, 0.2) is 11.5 Å². The van der Waals surface area contributed by atoms with Crippen LogP contribution in [0.3, 0.4) is 0 Å². The standard InChI is InChI=1S/C21H22N4O3S/c1-13-17-19(25-7-3-2-4-8-25)22-12-23-21(17)29-18(13)20(26)24-14-5-6-15-16(11-14)28-10-9-27-15/h5-6,11-12H,2-4,7-10H2,1H3,(H,24,26). The lowest BCUT2D eigenvalue weighted by molar-refractivity contribution is 0.103. The van der Waals surface area contributed by atoms with Crippen LogP contribution in [0.1, 0.15) is 34.5 Å². The molecule has 0 atom stereocenters. The molecule has 5 rings (SSSR count). The van der Waals surface area contributed by atoms with Gasteiger partial charge in [-0.25, -0.2) is 9.97 Å². The molecule has 150 valence electrons. The van der Waals surface area contributed by atoms with Crippen LogP contribution in [0.25, 0.3) is 10.2 Å². The van der Waals surface area contributed by atoms with Crippen molar-refractivity contribution in [1.29, 1.82) is 0 Å². The number of hydrogen-bond acceptors (Lipinski definition) is 7. The number of rotatable bonds is 3. The molecule has 3 aromatic rings. The van der Waals surface area contributed by atoms with Gasteiger partial charge in [-0.05, 0) is 43.9 Å². The van der Waals surface area contributed by atoms with Gasteiger partial charge < -0.3 is 19.7 Å². The maximum absolute atomic E-state index is 13.0. The Labute approximate surface area is 172 Å². The number of benzene rings is 1. The number of thiophene rings is 1. The highest BCUT2D eigenvalue weighted by Crippen LogP contribution is 2.37. The van der Waals surface area contributed by atoms with Crippen molar-refractivity contribution in [1.82, 2.24) is 9.97 Å². The molecule has 0 saturated carbocycles. The quantitative estimate of drug-likeness (QED) is 0.703. The summed E-state index contributed by atoms with van der Waals surface area (Å²) < 4.78 is 11.2. The molecule has 0 spiro atoms. The first-order valence-electron chi connectivity index (χ1n) is 9.91. The lowest BCUT2D eigenvalue weighted by Gasteiger charge is -2.28. The summed E-state index contributed by atoms with van der Waals surface area (Å²) in [6, 6.07) is 5.45. The first kappa shape index (κ1) is 18.2. The van der Waals surface area contributed by atoms with Crippen LogP contribution in [0.5, 0.6) is 11.5 Å². The zero-order chi connectivity index (χ0) is 19.8. The largest absolute Gasteiger partial charge is 0.486 e. The summed E-state index contributed by atoms with van der Waals surface area (Å²) in [5.41, 5.74) is 1.61. The van der Waals surface area contributed by atoms with Gasteiger partial charge in [0.1, 0.15) is 30.2 Å². The molecule has 4 heterocycles. The number of ether oxygens (including phenoxy) is 2. The highest BCUT2D eigenvalue weighted by molar-refractivity contribution is 7.20. The van der Waals surface area contributed by atoms with E-state index >= 15 is 0 Å². The monoisotopic (exact) mass is 410 g/mol. The molecule has 2 aromatic heterocycles. The smallest absolute Gasteiger partial charge is 0.266 e. The highest BCUT2D eigenvalue weighted by atomic mass is 32.1. The summed E-state index contributed by atoms with van der Waals surface area (Å²) in [7, 11) is 0. The Morgan fingerprint density at radius 2 is 1.90 bits per heavy atom. The van der Waals surface area contributed by atoms with Crippen LogP contribution in [0.2, 0.25) is 0 Å². The average Bonchev–Trinajstić information content (AvgIpc) is 3.11. The third-order valence-electron chi connectivity index (χ3n) is 5.37. The number of amides is 1. The number of nitrogens with one attached hydrogen (secondary N) is 1. The lowest BCUT2D eigenvalue weighted by atomic mass is 10.1. The Balaban J connectivity index is 1.45. The van der Waals surface area contributed by atoms with Crippen molar-refractivity contribution in [2.75, 3.05) is 36.5 Å². The lowest BCUT2D eigenvalue weighted by Crippen LogP contribution is -2.30. The maximum atomic E-state index is 13.0. The van der Waals surface area contributed by atoms with Gasteiger partial charge >= 0.3 is 0 Å². The van der Waals surface area contributed by atoms with E-state index in [9.17, 15) is 4.79 Å². The Bertz CT molecular complexity index is 1080. The van der Waals surface area contributed by atoms with Crippen molar-refractivity contribution in [3.63, 3.8) is 0 Å². The molecule has 7 nitrogen and oxygen atoms in total. The fourth-order valence-electron chi connectivity index (χ4n) is 3.92. The minimum absolute atomic E-state index is 0.147. The number of aromatic nitrogens is 2. The van der Waals surface area contributed by atoms with Gasteiger partial charge in [0, 0.05) is 24.8 Å². The van der Waals surface area contributed by atoms with Crippen LogP contribution in [-0.4, -0.2) is 42.2 Å². The topological polar surface area (TPSA) is 76.6 Å². The summed E-state index contributed by atoms with van der Waals surface area (Å²) in [5, 5.41) is 3.98. The summed E-state index contributed by atoms with van der Waals surface area (Å²) in [6.07, 6.45) is 5.21. The van der Waals surface area contributed by atoms with Crippen molar-refractivity contribution in [3.05, 3.63) is 35.0 Å². The third kappa shape index (κ3) is 3.37. The first-order valence-corrected chi connectivity index (χ1v) is 10.7. The van der Waals surface area contributed by atoms with Gasteiger partial charge in [-0.15, -0.1) is 11.3 Å². The molecule has 1 saturated heterocycles. The molecule has 0 radical (unpaired) electrons. The summed E-state index contributed by atoms with van der Waals surface area (Å²) in [4.78, 5) is 25.8. The zero-order valence-corrected chi connectivity index (χ0v) is 17.1. The fraction of sp³-hybridized carbons (Fsp3) is 0.381. The number of piperidine rings is 1. The van der Waals surface area contributed by atoms with Crippen molar-refractivity contribution in [2.45, 2.75) is 26.2 Å². The van der Waals surface area contributed by atoms with Gasteiger partial charge in [0.2, 0.25) is 0 Å². The minimum atomic E-state index is -0.147. The molecule has 1 fully saturated rings. The highest BCUT2D eigenvalue weighted by Gasteiger charge is 2.23. The van der Waals surface area contributed by atoms with E-state index in [4.69, 9.17) is 9.47 Å². The molecule has 2 aliphatic heterocycles. The Morgan fingerprint density at radius 1 is 1.10 bits per heavy atom. The van der Waals surface area contributed by atoms with Gasteiger partial charge in [-0.1, -0.05) is 0 Å². The molecule has 1 amide bonds. The molecular weight excluding hydrogens is 388 g/mol. The van der Waals surface area contributed by atoms with E-state index < -0.39 is 0 Å². The molecule has 0 unspecified atom stereocenters. The van der Waals surface area contributed by atoms with E-state index in [1.54, 1.807) is 12.4 Å². The van der Waals surface area contributed by atoms with Crippen molar-refractivity contribution in [3.8, 4) is 11.5 Å². The van der Waals surface area contributed by atoms with Gasteiger partial charge in [0.25, 0.3) is 5.91 Å². The minimum Gasteiger partial charge on any atom is -0.486 e.